The summed E-state index contributed by atoms with van der Waals surface area (Å²) in [5.74, 6) is 0.585. The number of ether oxygens (including phenoxy) is 2. The molecule has 0 bridgehead atoms. The number of hydrogen-bond acceptors (Lipinski definition) is 5. The molecular formula is C10H13BrN4O2. The number of nitrogens with zero attached hydrogens (tertiary/aromatic N) is 3. The second kappa shape index (κ2) is 5.52. The third-order valence-corrected chi connectivity index (χ3v) is 2.44. The fraction of sp³-hybridized carbons (Fsp3) is 0.500. The normalized spacial score (nSPS) is 11.5. The molecule has 2 rings (SSSR count). The molecule has 7 heteroatoms. The SMILES string of the molecule is CCOC(OCC)c1nc2ncc(Br)nc2[nH]1. The van der Waals surface area contributed by atoms with E-state index < -0.39 is 6.29 Å². The Morgan fingerprint density at radius 2 is 2.00 bits per heavy atom. The van der Waals surface area contributed by atoms with E-state index in [9.17, 15) is 0 Å². The minimum absolute atomic E-state index is 0.500. The first-order chi connectivity index (χ1) is 8.24. The average molecular weight is 301 g/mol. The monoisotopic (exact) mass is 300 g/mol. The number of hydrogen-bond donors (Lipinski definition) is 1. The maximum atomic E-state index is 5.44. The van der Waals surface area contributed by atoms with Crippen molar-refractivity contribution in [2.24, 2.45) is 0 Å². The molecule has 0 amide bonds. The zero-order valence-corrected chi connectivity index (χ0v) is 11.2. The number of imidazole rings is 1. The van der Waals surface area contributed by atoms with Gasteiger partial charge < -0.3 is 14.5 Å². The van der Waals surface area contributed by atoms with Crippen LogP contribution in [0, 0.1) is 0 Å². The summed E-state index contributed by atoms with van der Waals surface area (Å²) in [6, 6.07) is 0. The van der Waals surface area contributed by atoms with Crippen molar-refractivity contribution in [1.82, 2.24) is 19.9 Å². The Hall–Kier alpha value is -1.05. The third kappa shape index (κ3) is 2.80. The average Bonchev–Trinajstić information content (AvgIpc) is 2.71. The zero-order valence-electron chi connectivity index (χ0n) is 9.61. The van der Waals surface area contributed by atoms with E-state index in [1.54, 1.807) is 6.20 Å². The number of aromatic amines is 1. The maximum Gasteiger partial charge on any atom is 0.217 e. The van der Waals surface area contributed by atoms with Crippen LogP contribution >= 0.6 is 15.9 Å². The van der Waals surface area contributed by atoms with Crippen molar-refractivity contribution in [3.05, 3.63) is 16.6 Å². The van der Waals surface area contributed by atoms with Crippen molar-refractivity contribution in [1.29, 1.82) is 0 Å². The molecule has 1 N–H and O–H groups in total. The van der Waals surface area contributed by atoms with E-state index >= 15 is 0 Å². The first-order valence-corrected chi connectivity index (χ1v) is 6.15. The molecule has 0 aromatic carbocycles. The summed E-state index contributed by atoms with van der Waals surface area (Å²) in [6.07, 6.45) is 1.10. The van der Waals surface area contributed by atoms with Crippen molar-refractivity contribution in [3.63, 3.8) is 0 Å². The van der Waals surface area contributed by atoms with Gasteiger partial charge in [0.25, 0.3) is 0 Å². The van der Waals surface area contributed by atoms with Gasteiger partial charge in [0.1, 0.15) is 4.60 Å². The Bertz CT molecular complexity index is 496. The molecule has 0 fully saturated rings. The molecule has 17 heavy (non-hydrogen) atoms. The van der Waals surface area contributed by atoms with Crippen molar-refractivity contribution >= 4 is 27.2 Å². The summed E-state index contributed by atoms with van der Waals surface area (Å²) in [5.41, 5.74) is 1.16. The van der Waals surface area contributed by atoms with Crippen LogP contribution in [0.25, 0.3) is 11.3 Å². The van der Waals surface area contributed by atoms with Crippen LogP contribution in [0.15, 0.2) is 10.8 Å². The van der Waals surface area contributed by atoms with Gasteiger partial charge in [0.15, 0.2) is 17.1 Å². The van der Waals surface area contributed by atoms with Crippen LogP contribution in [0.4, 0.5) is 0 Å². The number of halogens is 1. The summed E-state index contributed by atoms with van der Waals surface area (Å²) >= 11 is 3.26. The van der Waals surface area contributed by atoms with E-state index in [2.05, 4.69) is 35.9 Å². The molecule has 6 nitrogen and oxygen atoms in total. The standard InChI is InChI=1S/C10H13BrN4O2/c1-3-16-10(17-4-2)9-14-7-8(15-9)13-6(11)5-12-7/h5,10H,3-4H2,1-2H3,(H,12,13,14,15). The lowest BCUT2D eigenvalue weighted by Gasteiger charge is -2.13. The summed E-state index contributed by atoms with van der Waals surface area (Å²) in [7, 11) is 0. The lowest BCUT2D eigenvalue weighted by Crippen LogP contribution is -2.10. The fourth-order valence-corrected chi connectivity index (χ4v) is 1.69. The van der Waals surface area contributed by atoms with Gasteiger partial charge in [0.05, 0.1) is 6.20 Å². The minimum atomic E-state index is -0.500. The predicted molar refractivity (Wildman–Crippen MR) is 65.4 cm³/mol. The Balaban J connectivity index is 2.33. The molecule has 2 aromatic heterocycles. The Morgan fingerprint density at radius 1 is 1.29 bits per heavy atom. The molecule has 2 heterocycles. The lowest BCUT2D eigenvalue weighted by molar-refractivity contribution is -0.144. The molecule has 0 radical (unpaired) electrons. The van der Waals surface area contributed by atoms with Gasteiger partial charge in [-0.05, 0) is 29.8 Å². The molecule has 0 unspecified atom stereocenters. The molecule has 0 aliphatic rings. The van der Waals surface area contributed by atoms with E-state index in [1.807, 2.05) is 13.8 Å². The van der Waals surface area contributed by atoms with Crippen LogP contribution in [-0.4, -0.2) is 33.1 Å². The number of H-pyrrole nitrogens is 1. The zero-order chi connectivity index (χ0) is 12.3. The van der Waals surface area contributed by atoms with Crippen molar-refractivity contribution in [2.45, 2.75) is 20.1 Å². The van der Waals surface area contributed by atoms with Gasteiger partial charge in [-0.15, -0.1) is 0 Å². The van der Waals surface area contributed by atoms with E-state index in [0.717, 1.165) is 0 Å². The van der Waals surface area contributed by atoms with Crippen LogP contribution in [0.1, 0.15) is 26.0 Å². The second-order valence-corrected chi connectivity index (χ2v) is 4.04. The van der Waals surface area contributed by atoms with Crippen LogP contribution in [0.3, 0.4) is 0 Å². The maximum absolute atomic E-state index is 5.44. The first kappa shape index (κ1) is 12.4. The van der Waals surface area contributed by atoms with Crippen molar-refractivity contribution in [3.8, 4) is 0 Å². The number of fused-ring (bicyclic) bond motifs is 1. The molecule has 0 atom stereocenters. The van der Waals surface area contributed by atoms with Gasteiger partial charge >= 0.3 is 0 Å². The predicted octanol–water partition coefficient (Wildman–Crippen LogP) is 2.19. The van der Waals surface area contributed by atoms with Crippen molar-refractivity contribution < 1.29 is 9.47 Å². The molecule has 0 saturated heterocycles. The number of nitrogens with one attached hydrogen (secondary N) is 1. The van der Waals surface area contributed by atoms with Gasteiger partial charge in [-0.1, -0.05) is 0 Å². The van der Waals surface area contributed by atoms with Gasteiger partial charge in [0, 0.05) is 13.2 Å². The summed E-state index contributed by atoms with van der Waals surface area (Å²) in [5, 5.41) is 0. The Labute approximate surface area is 107 Å². The van der Waals surface area contributed by atoms with Crippen LogP contribution in [-0.2, 0) is 9.47 Å². The highest BCUT2D eigenvalue weighted by Gasteiger charge is 2.17. The highest BCUT2D eigenvalue weighted by Crippen LogP contribution is 2.19. The number of aromatic nitrogens is 4. The molecule has 0 aliphatic heterocycles. The number of rotatable bonds is 5. The molecule has 0 aliphatic carbocycles. The minimum Gasteiger partial charge on any atom is -0.346 e. The topological polar surface area (TPSA) is 72.9 Å². The summed E-state index contributed by atoms with van der Waals surface area (Å²) in [6.45, 7) is 4.90. The Morgan fingerprint density at radius 3 is 2.65 bits per heavy atom. The molecule has 2 aromatic rings. The van der Waals surface area contributed by atoms with Crippen LogP contribution < -0.4 is 0 Å². The molecule has 0 saturated carbocycles. The largest absolute Gasteiger partial charge is 0.346 e. The van der Waals surface area contributed by atoms with E-state index in [1.165, 1.54) is 0 Å². The molecule has 0 spiro atoms. The van der Waals surface area contributed by atoms with Crippen molar-refractivity contribution in [2.75, 3.05) is 13.2 Å². The van der Waals surface area contributed by atoms with Crippen LogP contribution in [0.2, 0.25) is 0 Å². The van der Waals surface area contributed by atoms with Gasteiger partial charge in [-0.2, -0.15) is 0 Å². The van der Waals surface area contributed by atoms with Gasteiger partial charge in [-0.3, -0.25) is 0 Å². The van der Waals surface area contributed by atoms with E-state index in [0.29, 0.717) is 34.9 Å². The smallest absolute Gasteiger partial charge is 0.217 e. The Kier molecular flexibility index (Phi) is 4.03. The highest BCUT2D eigenvalue weighted by atomic mass is 79.9. The molecular weight excluding hydrogens is 288 g/mol. The third-order valence-electron chi connectivity index (χ3n) is 2.06. The van der Waals surface area contributed by atoms with E-state index in [4.69, 9.17) is 9.47 Å². The second-order valence-electron chi connectivity index (χ2n) is 3.23. The van der Waals surface area contributed by atoms with Crippen LogP contribution in [0.5, 0.6) is 0 Å². The fourth-order valence-electron chi connectivity index (χ4n) is 1.41. The van der Waals surface area contributed by atoms with Gasteiger partial charge in [0.2, 0.25) is 6.29 Å². The summed E-state index contributed by atoms with van der Waals surface area (Å²) < 4.78 is 11.5. The summed E-state index contributed by atoms with van der Waals surface area (Å²) in [4.78, 5) is 15.7. The van der Waals surface area contributed by atoms with Gasteiger partial charge in [-0.25, -0.2) is 15.0 Å². The highest BCUT2D eigenvalue weighted by molar-refractivity contribution is 9.10. The molecule has 92 valence electrons. The van der Waals surface area contributed by atoms with E-state index in [-0.39, 0.29) is 0 Å². The first-order valence-electron chi connectivity index (χ1n) is 5.36. The lowest BCUT2D eigenvalue weighted by atomic mass is 10.6. The quantitative estimate of drug-likeness (QED) is 0.857.